The second kappa shape index (κ2) is 28.8. The number of nitrogens with zero attached hydrogens (tertiary/aromatic N) is 10. The molecule has 0 spiro atoms. The minimum Gasteiger partial charge on any atom is -0.466 e. The van der Waals surface area contributed by atoms with E-state index in [-0.39, 0.29) is 76.9 Å². The molecular formula is C50H83N13O10. The first-order chi connectivity index (χ1) is 39.6. The predicted molar refractivity (Wildman–Crippen MR) is 268 cm³/mol. The summed E-state index contributed by atoms with van der Waals surface area (Å²) in [6, 6.07) is 0. The first-order valence-electron chi connectivity index (χ1n) is 31.2. The Morgan fingerprint density at radius 2 is 0.904 bits per heavy atom. The lowest BCUT2D eigenvalue weighted by atomic mass is 9.98. The van der Waals surface area contributed by atoms with Crippen LogP contribution in [0.15, 0.2) is 18.1 Å². The Morgan fingerprint density at radius 3 is 1.23 bits per heavy atom. The van der Waals surface area contributed by atoms with Gasteiger partial charge in [0, 0.05) is 62.3 Å². The second-order valence-corrected chi connectivity index (χ2v) is 20.2. The normalized spacial score (nSPS) is 25.4. The fourth-order valence-electron chi connectivity index (χ4n) is 8.38. The number of esters is 1. The van der Waals surface area contributed by atoms with Crippen LogP contribution in [0.1, 0.15) is 200 Å². The van der Waals surface area contributed by atoms with E-state index in [4.69, 9.17) is 48.8 Å². The molecule has 9 rings (SSSR count). The third-order valence-corrected chi connectivity index (χ3v) is 11.8. The molecule has 5 atom stereocenters. The summed E-state index contributed by atoms with van der Waals surface area (Å²) < 4.78 is 122. The van der Waals surface area contributed by atoms with E-state index in [0.717, 1.165) is 103 Å². The maximum Gasteiger partial charge on any atom is 0.410 e. The van der Waals surface area contributed by atoms with E-state index >= 15 is 0 Å². The average molecular weight is 1040 g/mol. The molecule has 5 aliphatic rings. The number of amides is 2. The molecular weight excluding hydrogens is 943 g/mol. The van der Waals surface area contributed by atoms with Crippen LogP contribution in [-0.4, -0.2) is 152 Å². The topological polar surface area (TPSA) is 277 Å². The van der Waals surface area contributed by atoms with Gasteiger partial charge in [-0.05, 0) is 160 Å². The van der Waals surface area contributed by atoms with Crippen LogP contribution >= 0.6 is 0 Å². The van der Waals surface area contributed by atoms with Crippen LogP contribution in [0.4, 0.5) is 9.59 Å². The molecule has 0 bridgehead atoms. The summed E-state index contributed by atoms with van der Waals surface area (Å²) >= 11 is 0. The highest BCUT2D eigenvalue weighted by atomic mass is 16.6. The van der Waals surface area contributed by atoms with Crippen LogP contribution in [0.25, 0.3) is 0 Å². The lowest BCUT2D eigenvalue weighted by Crippen LogP contribution is -2.45. The molecule has 23 heteroatoms. The zero-order valence-electron chi connectivity index (χ0n) is 55.3. The number of aromatic nitrogens is 8. The van der Waals surface area contributed by atoms with Crippen molar-refractivity contribution >= 4 is 18.2 Å². The molecule has 9 heterocycles. The molecule has 0 aliphatic carbocycles. The third kappa shape index (κ3) is 20.7. The average Bonchev–Trinajstić information content (AvgIpc) is 4.49. The quantitative estimate of drug-likeness (QED) is 0.127. The Balaban J connectivity index is 0.000000196. The summed E-state index contributed by atoms with van der Waals surface area (Å²) in [4.78, 5) is 54.6. The largest absolute Gasteiger partial charge is 0.466 e. The number of rotatable bonds is 6. The SMILES string of the molecule is CCOC(=O)C1CCCN(C(=O)OC(C)(C)C)C1.[2H]C([2H])([2H])c1noc(C2CCCN(C(=O)OC(C)(C)C)C2)n1.[2H]C([2H])([2H])c1noc(C2CCCNC2)n1.[2H]C([2H])([2H])c1noc([C@@H]2CCCNC2)n1.[2H]C([2H])([2H])c1noc([C@H]2CCCNC2)n1. The smallest absolute Gasteiger partial charge is 0.410 e. The minimum atomic E-state index is -2.39. The van der Waals surface area contributed by atoms with Crippen LogP contribution in [0.5, 0.6) is 0 Å². The van der Waals surface area contributed by atoms with Crippen molar-refractivity contribution in [2.75, 3.05) is 72.1 Å². The van der Waals surface area contributed by atoms with Gasteiger partial charge < -0.3 is 58.1 Å². The highest BCUT2D eigenvalue weighted by Gasteiger charge is 2.33. The fraction of sp³-hybridized carbons (Fsp3) is 0.780. The molecule has 0 aromatic carbocycles. The molecule has 4 aromatic rings. The highest BCUT2D eigenvalue weighted by molar-refractivity contribution is 5.75. The first-order valence-corrected chi connectivity index (χ1v) is 25.2. The fourth-order valence-corrected chi connectivity index (χ4v) is 8.38. The Labute approximate surface area is 447 Å². The number of carbonyl (C=O) groups excluding carboxylic acids is 3. The van der Waals surface area contributed by atoms with Crippen LogP contribution in [0.3, 0.4) is 0 Å². The molecule has 5 fully saturated rings. The van der Waals surface area contributed by atoms with E-state index in [0.29, 0.717) is 50.5 Å². The van der Waals surface area contributed by atoms with Gasteiger partial charge in [0.25, 0.3) is 0 Å². The van der Waals surface area contributed by atoms with Crippen LogP contribution in [0.2, 0.25) is 0 Å². The molecule has 0 radical (unpaired) electrons. The molecule has 4 aromatic heterocycles. The van der Waals surface area contributed by atoms with E-state index in [9.17, 15) is 14.4 Å². The number of ether oxygens (including phenoxy) is 3. The summed E-state index contributed by atoms with van der Waals surface area (Å²) in [5.74, 6) is 0.578. The molecule has 2 amide bonds. The van der Waals surface area contributed by atoms with Crippen molar-refractivity contribution in [1.82, 2.24) is 66.3 Å². The molecule has 0 saturated carbocycles. The summed E-state index contributed by atoms with van der Waals surface area (Å²) in [5, 5.41) is 23.6. The van der Waals surface area contributed by atoms with Gasteiger partial charge >= 0.3 is 18.2 Å². The molecule has 5 aliphatic heterocycles. The van der Waals surface area contributed by atoms with Gasteiger partial charge in [-0.1, -0.05) is 20.6 Å². The van der Waals surface area contributed by atoms with Crippen LogP contribution in [-0.2, 0) is 19.0 Å². The number of nitrogens with one attached hydrogen (secondary N) is 3. The van der Waals surface area contributed by atoms with E-state index < -0.39 is 38.6 Å². The van der Waals surface area contributed by atoms with Gasteiger partial charge in [-0.2, -0.15) is 19.9 Å². The van der Waals surface area contributed by atoms with Crippen molar-refractivity contribution in [3.05, 3.63) is 46.9 Å². The standard InChI is InChI=1S/C13H21N3O3.C13H23NO4.3C8H13N3O/c1-9-14-11(19-15-9)10-6-5-7-16(8-10)12(17)18-13(2,3)4;1-5-17-11(15)10-7-6-8-14(9-10)12(16)18-13(2,3)4;3*1-6-10-8(12-11-6)7-3-2-4-9-5-7/h10H,5-8H2,1-4H3;10H,5-9H2,1-4H3;3*7,9H,2-5H2,1H3/t;;2*7-;/m..10./s1/i1D3;;3*1D3. The van der Waals surface area contributed by atoms with Crippen LogP contribution < -0.4 is 16.0 Å². The zero-order valence-corrected chi connectivity index (χ0v) is 43.3. The minimum absolute atomic E-state index is 0.155. The lowest BCUT2D eigenvalue weighted by molar-refractivity contribution is -0.149. The maximum atomic E-state index is 12.1. The second-order valence-electron chi connectivity index (χ2n) is 20.2. The lowest BCUT2D eigenvalue weighted by Gasteiger charge is -2.33. The summed E-state index contributed by atoms with van der Waals surface area (Å²) in [6.07, 6.45) is 8.45. The summed E-state index contributed by atoms with van der Waals surface area (Å²) in [6.45, 7) is 11.2. The predicted octanol–water partition coefficient (Wildman–Crippen LogP) is 7.22. The van der Waals surface area contributed by atoms with Crippen molar-refractivity contribution in [2.45, 2.75) is 175 Å². The van der Waals surface area contributed by atoms with Gasteiger partial charge in [0.2, 0.25) is 23.6 Å². The number of hydrogen-bond acceptors (Lipinski definition) is 21. The van der Waals surface area contributed by atoms with Gasteiger partial charge in [-0.3, -0.25) is 4.79 Å². The van der Waals surface area contributed by atoms with E-state index in [1.807, 2.05) is 41.5 Å². The van der Waals surface area contributed by atoms with E-state index in [1.165, 1.54) is 0 Å². The van der Waals surface area contributed by atoms with Gasteiger partial charge in [-0.15, -0.1) is 0 Å². The zero-order chi connectivity index (χ0) is 63.0. The van der Waals surface area contributed by atoms with Crippen molar-refractivity contribution < 1.29 is 63.1 Å². The van der Waals surface area contributed by atoms with Crippen molar-refractivity contribution in [3.8, 4) is 0 Å². The summed E-state index contributed by atoms with van der Waals surface area (Å²) in [5.41, 5.74) is -1.06. The Morgan fingerprint density at radius 1 is 0.548 bits per heavy atom. The Hall–Kier alpha value is -5.55. The summed E-state index contributed by atoms with van der Waals surface area (Å²) in [7, 11) is 0. The highest BCUT2D eigenvalue weighted by Crippen LogP contribution is 2.28. The number of carbonyl (C=O) groups is 3. The monoisotopic (exact) mass is 1040 g/mol. The van der Waals surface area contributed by atoms with Crippen molar-refractivity contribution in [3.63, 3.8) is 0 Å². The van der Waals surface area contributed by atoms with Crippen molar-refractivity contribution in [1.29, 1.82) is 0 Å². The van der Waals surface area contributed by atoms with Gasteiger partial charge in [0.05, 0.1) is 36.2 Å². The van der Waals surface area contributed by atoms with Gasteiger partial charge in [0.15, 0.2) is 23.3 Å². The molecule has 3 N–H and O–H groups in total. The number of hydrogen-bond donors (Lipinski definition) is 3. The van der Waals surface area contributed by atoms with Gasteiger partial charge in [0.1, 0.15) is 11.2 Å². The molecule has 5 saturated heterocycles. The molecule has 3 unspecified atom stereocenters. The molecule has 73 heavy (non-hydrogen) atoms. The number of aryl methyl sites for hydroxylation is 4. The van der Waals surface area contributed by atoms with Gasteiger partial charge in [-0.25, -0.2) is 9.59 Å². The number of piperidine rings is 5. The van der Waals surface area contributed by atoms with Crippen molar-refractivity contribution in [2.24, 2.45) is 5.92 Å². The Kier molecular flexibility index (Phi) is 16.9. The van der Waals surface area contributed by atoms with E-state index in [2.05, 4.69) is 56.5 Å². The molecule has 23 nitrogen and oxygen atoms in total. The Bertz CT molecular complexity index is 2510. The maximum absolute atomic E-state index is 12.1. The number of likely N-dealkylation sites (tertiary alicyclic amines) is 2. The third-order valence-electron chi connectivity index (χ3n) is 11.8. The first kappa shape index (κ1) is 42.8. The molecule has 408 valence electrons. The van der Waals surface area contributed by atoms with Crippen LogP contribution in [0, 0.1) is 33.3 Å². The van der Waals surface area contributed by atoms with E-state index in [1.54, 1.807) is 16.7 Å².